The Balaban J connectivity index is 2.58. The summed E-state index contributed by atoms with van der Waals surface area (Å²) >= 11 is 0. The minimum absolute atomic E-state index is 0.0345. The predicted molar refractivity (Wildman–Crippen MR) is 88.5 cm³/mol. The highest BCUT2D eigenvalue weighted by atomic mass is 32.2. The van der Waals surface area contributed by atoms with E-state index < -0.39 is 10.0 Å². The van der Waals surface area contributed by atoms with Crippen molar-refractivity contribution in [2.24, 2.45) is 5.92 Å². The van der Waals surface area contributed by atoms with Crippen molar-refractivity contribution in [1.29, 1.82) is 0 Å². The van der Waals surface area contributed by atoms with E-state index in [1.165, 1.54) is 5.56 Å². The van der Waals surface area contributed by atoms with Crippen LogP contribution in [0.4, 0.5) is 0 Å². The maximum absolute atomic E-state index is 12.1. The molecule has 1 unspecified atom stereocenters. The van der Waals surface area contributed by atoms with Crippen LogP contribution in [0.1, 0.15) is 45.2 Å². The lowest BCUT2D eigenvalue weighted by Gasteiger charge is -2.17. The molecule has 0 spiro atoms. The Morgan fingerprint density at radius 2 is 1.62 bits per heavy atom. The molecular weight excluding hydrogens is 284 g/mol. The van der Waals surface area contributed by atoms with Gasteiger partial charge in [-0.25, -0.2) is 13.1 Å². The summed E-state index contributed by atoms with van der Waals surface area (Å²) in [5.41, 5.74) is 1.99. The normalized spacial score (nSPS) is 13.6. The molecule has 0 saturated carbocycles. The zero-order valence-electron chi connectivity index (χ0n) is 13.5. The van der Waals surface area contributed by atoms with E-state index in [2.05, 4.69) is 17.0 Å². The van der Waals surface area contributed by atoms with Crippen LogP contribution in [0.25, 0.3) is 0 Å². The summed E-state index contributed by atoms with van der Waals surface area (Å²) in [6, 6.07) is 7.70. The second-order valence-corrected chi connectivity index (χ2v) is 7.66. The fourth-order valence-corrected chi connectivity index (χ4v) is 3.40. The maximum atomic E-state index is 12.1. The Morgan fingerprint density at radius 3 is 2.14 bits per heavy atom. The molecule has 120 valence electrons. The number of rotatable bonds is 9. The number of hydrogen-bond donors (Lipinski definition) is 2. The molecule has 1 aromatic rings. The standard InChI is InChI=1S/C16H28N2O2S/c1-5-10-17-11-15-6-8-16(9-7-15)12-21(19,20)18-14(4)13(2)3/h6-9,13-14,17-18H,5,10-12H2,1-4H3. The van der Waals surface area contributed by atoms with Crippen LogP contribution in [0.3, 0.4) is 0 Å². The summed E-state index contributed by atoms with van der Waals surface area (Å²) < 4.78 is 26.9. The van der Waals surface area contributed by atoms with E-state index in [1.54, 1.807) is 0 Å². The van der Waals surface area contributed by atoms with E-state index in [0.717, 1.165) is 25.1 Å². The van der Waals surface area contributed by atoms with Crippen molar-refractivity contribution in [2.75, 3.05) is 6.54 Å². The van der Waals surface area contributed by atoms with Crippen LogP contribution in [-0.2, 0) is 22.3 Å². The van der Waals surface area contributed by atoms with Crippen molar-refractivity contribution < 1.29 is 8.42 Å². The van der Waals surface area contributed by atoms with Gasteiger partial charge in [-0.05, 0) is 36.9 Å². The molecule has 0 bridgehead atoms. The molecule has 4 nitrogen and oxygen atoms in total. The Labute approximate surface area is 129 Å². The van der Waals surface area contributed by atoms with Crippen LogP contribution in [0.15, 0.2) is 24.3 Å². The quantitative estimate of drug-likeness (QED) is 0.689. The summed E-state index contributed by atoms with van der Waals surface area (Å²) in [7, 11) is -3.28. The monoisotopic (exact) mass is 312 g/mol. The molecule has 0 amide bonds. The van der Waals surface area contributed by atoms with Crippen molar-refractivity contribution in [3.63, 3.8) is 0 Å². The first kappa shape index (κ1) is 18.1. The van der Waals surface area contributed by atoms with E-state index >= 15 is 0 Å². The van der Waals surface area contributed by atoms with Crippen LogP contribution < -0.4 is 10.0 Å². The minimum atomic E-state index is -3.28. The molecule has 21 heavy (non-hydrogen) atoms. The summed E-state index contributed by atoms with van der Waals surface area (Å²) in [4.78, 5) is 0. The van der Waals surface area contributed by atoms with E-state index in [-0.39, 0.29) is 17.7 Å². The third-order valence-corrected chi connectivity index (χ3v) is 4.95. The molecule has 0 aliphatic rings. The fourth-order valence-electron chi connectivity index (χ4n) is 1.84. The Bertz CT molecular complexity index is 510. The van der Waals surface area contributed by atoms with Crippen molar-refractivity contribution >= 4 is 10.0 Å². The molecular formula is C16H28N2O2S. The van der Waals surface area contributed by atoms with E-state index in [9.17, 15) is 8.42 Å². The maximum Gasteiger partial charge on any atom is 0.216 e. The number of nitrogens with one attached hydrogen (secondary N) is 2. The van der Waals surface area contributed by atoms with E-state index in [0.29, 0.717) is 0 Å². The van der Waals surface area contributed by atoms with Gasteiger partial charge in [0.25, 0.3) is 0 Å². The molecule has 1 aromatic carbocycles. The molecule has 2 N–H and O–H groups in total. The third kappa shape index (κ3) is 7.07. The van der Waals surface area contributed by atoms with Crippen molar-refractivity contribution in [3.05, 3.63) is 35.4 Å². The number of benzene rings is 1. The zero-order valence-corrected chi connectivity index (χ0v) is 14.3. The predicted octanol–water partition coefficient (Wildman–Crippen LogP) is 2.65. The molecule has 0 saturated heterocycles. The lowest BCUT2D eigenvalue weighted by molar-refractivity contribution is 0.476. The van der Waals surface area contributed by atoms with Gasteiger partial charge in [-0.3, -0.25) is 0 Å². The number of sulfonamides is 1. The topological polar surface area (TPSA) is 58.2 Å². The summed E-state index contributed by atoms with van der Waals surface area (Å²) in [6.07, 6.45) is 1.11. The van der Waals surface area contributed by atoms with Gasteiger partial charge in [-0.15, -0.1) is 0 Å². The smallest absolute Gasteiger partial charge is 0.216 e. The highest BCUT2D eigenvalue weighted by Gasteiger charge is 2.17. The van der Waals surface area contributed by atoms with Crippen LogP contribution in [-0.4, -0.2) is 21.0 Å². The average molecular weight is 312 g/mol. The van der Waals surface area contributed by atoms with Crippen LogP contribution in [0, 0.1) is 5.92 Å². The van der Waals surface area contributed by atoms with Gasteiger partial charge in [0, 0.05) is 12.6 Å². The van der Waals surface area contributed by atoms with Crippen molar-refractivity contribution in [1.82, 2.24) is 10.0 Å². The number of hydrogen-bond acceptors (Lipinski definition) is 3. The first-order valence-electron chi connectivity index (χ1n) is 7.62. The first-order valence-corrected chi connectivity index (χ1v) is 9.28. The van der Waals surface area contributed by atoms with Gasteiger partial charge in [0.15, 0.2) is 0 Å². The third-order valence-electron chi connectivity index (χ3n) is 3.50. The zero-order chi connectivity index (χ0) is 15.9. The van der Waals surface area contributed by atoms with Crippen LogP contribution in [0.5, 0.6) is 0 Å². The second-order valence-electron chi connectivity index (χ2n) is 5.90. The first-order chi connectivity index (χ1) is 9.84. The van der Waals surface area contributed by atoms with E-state index in [1.807, 2.05) is 45.0 Å². The van der Waals surface area contributed by atoms with Gasteiger partial charge in [-0.1, -0.05) is 45.0 Å². The van der Waals surface area contributed by atoms with Gasteiger partial charge >= 0.3 is 0 Å². The molecule has 0 aliphatic heterocycles. The fraction of sp³-hybridized carbons (Fsp3) is 0.625. The van der Waals surface area contributed by atoms with Gasteiger partial charge < -0.3 is 5.32 Å². The highest BCUT2D eigenvalue weighted by Crippen LogP contribution is 2.10. The molecule has 0 fully saturated rings. The van der Waals surface area contributed by atoms with Crippen LogP contribution >= 0.6 is 0 Å². The second kappa shape index (κ2) is 8.51. The van der Waals surface area contributed by atoms with Crippen molar-refractivity contribution in [2.45, 2.75) is 52.5 Å². The van der Waals surface area contributed by atoms with Gasteiger partial charge in [0.2, 0.25) is 10.0 Å². The Kier molecular flexibility index (Phi) is 7.35. The molecule has 0 aliphatic carbocycles. The summed E-state index contributed by atoms with van der Waals surface area (Å²) in [5, 5.41) is 3.33. The van der Waals surface area contributed by atoms with Crippen LogP contribution in [0.2, 0.25) is 0 Å². The molecule has 5 heteroatoms. The van der Waals surface area contributed by atoms with Gasteiger partial charge in [0.1, 0.15) is 0 Å². The summed E-state index contributed by atoms with van der Waals surface area (Å²) in [5.74, 6) is 0.319. The van der Waals surface area contributed by atoms with Gasteiger partial charge in [-0.2, -0.15) is 0 Å². The van der Waals surface area contributed by atoms with Gasteiger partial charge in [0.05, 0.1) is 5.75 Å². The molecule has 0 radical (unpaired) electrons. The Morgan fingerprint density at radius 1 is 1.05 bits per heavy atom. The Hall–Kier alpha value is -0.910. The molecule has 0 heterocycles. The minimum Gasteiger partial charge on any atom is -0.313 e. The summed E-state index contributed by atoms with van der Waals surface area (Å²) in [6.45, 7) is 9.85. The van der Waals surface area contributed by atoms with E-state index in [4.69, 9.17) is 0 Å². The lowest BCUT2D eigenvalue weighted by atomic mass is 10.1. The van der Waals surface area contributed by atoms with Crippen molar-refractivity contribution in [3.8, 4) is 0 Å². The highest BCUT2D eigenvalue weighted by molar-refractivity contribution is 7.88. The molecule has 1 atom stereocenters. The average Bonchev–Trinajstić information content (AvgIpc) is 2.40. The molecule has 0 aromatic heterocycles. The largest absolute Gasteiger partial charge is 0.313 e. The SMILES string of the molecule is CCCNCc1ccc(CS(=O)(=O)NC(C)C(C)C)cc1. The molecule has 1 rings (SSSR count). The lowest BCUT2D eigenvalue weighted by Crippen LogP contribution is -2.36.